The molecule has 0 saturated heterocycles. The molecule has 78 valence electrons. The molecule has 1 aromatic rings. The van der Waals surface area contributed by atoms with Gasteiger partial charge in [0.2, 0.25) is 0 Å². The Kier molecular flexibility index (Phi) is 3.88. The largest absolute Gasteiger partial charge is 0.338 e. The van der Waals surface area contributed by atoms with E-state index in [4.69, 9.17) is 0 Å². The quantitative estimate of drug-likeness (QED) is 0.810. The van der Waals surface area contributed by atoms with Gasteiger partial charge in [0.05, 0.1) is 5.69 Å². The van der Waals surface area contributed by atoms with Gasteiger partial charge < -0.3 is 5.32 Å². The molecule has 2 N–H and O–H groups in total. The number of nitrogens with zero attached hydrogens (tertiary/aromatic N) is 1. The SMILES string of the molecule is CCNC(=O)Nc1nc(C(C)C)cs1. The van der Waals surface area contributed by atoms with Gasteiger partial charge >= 0.3 is 6.03 Å². The molecular weight excluding hydrogens is 198 g/mol. The molecule has 0 saturated carbocycles. The number of thiazole rings is 1. The molecule has 0 bridgehead atoms. The second-order valence-corrected chi connectivity index (χ2v) is 4.07. The van der Waals surface area contributed by atoms with Gasteiger partial charge in [-0.2, -0.15) is 0 Å². The maximum absolute atomic E-state index is 11.1. The van der Waals surface area contributed by atoms with Crippen LogP contribution in [0.4, 0.5) is 9.93 Å². The zero-order chi connectivity index (χ0) is 10.6. The normalized spacial score (nSPS) is 10.3. The minimum Gasteiger partial charge on any atom is -0.338 e. The third kappa shape index (κ3) is 2.99. The lowest BCUT2D eigenvalue weighted by atomic mass is 10.2. The van der Waals surface area contributed by atoms with E-state index in [0.717, 1.165) is 5.69 Å². The van der Waals surface area contributed by atoms with E-state index in [1.807, 2.05) is 12.3 Å². The molecule has 5 heteroatoms. The minimum atomic E-state index is -0.197. The highest BCUT2D eigenvalue weighted by Crippen LogP contribution is 2.21. The number of anilines is 1. The molecule has 1 rings (SSSR count). The van der Waals surface area contributed by atoms with E-state index in [1.54, 1.807) is 0 Å². The number of carbonyl (C=O) groups excluding carboxylic acids is 1. The number of rotatable bonds is 3. The second-order valence-electron chi connectivity index (χ2n) is 3.22. The Labute approximate surface area is 87.7 Å². The highest BCUT2D eigenvalue weighted by Gasteiger charge is 2.07. The Morgan fingerprint density at radius 3 is 2.86 bits per heavy atom. The number of hydrogen-bond donors (Lipinski definition) is 2. The van der Waals surface area contributed by atoms with Gasteiger partial charge in [-0.05, 0) is 12.8 Å². The molecule has 0 aliphatic carbocycles. The average molecular weight is 213 g/mol. The molecule has 0 unspecified atom stereocenters. The molecule has 0 aliphatic rings. The predicted molar refractivity (Wildman–Crippen MR) is 58.9 cm³/mol. The molecule has 0 aliphatic heterocycles. The summed E-state index contributed by atoms with van der Waals surface area (Å²) in [4.78, 5) is 15.4. The van der Waals surface area contributed by atoms with Crippen molar-refractivity contribution in [2.24, 2.45) is 0 Å². The first-order valence-electron chi connectivity index (χ1n) is 4.63. The lowest BCUT2D eigenvalue weighted by molar-refractivity contribution is 0.252. The van der Waals surface area contributed by atoms with Crippen molar-refractivity contribution < 1.29 is 4.79 Å². The van der Waals surface area contributed by atoms with Crippen LogP contribution in [0.1, 0.15) is 32.4 Å². The highest BCUT2D eigenvalue weighted by molar-refractivity contribution is 7.13. The van der Waals surface area contributed by atoms with Crippen LogP contribution in [0.15, 0.2) is 5.38 Å². The minimum absolute atomic E-state index is 0.197. The lowest BCUT2D eigenvalue weighted by Gasteiger charge is -2.01. The molecule has 1 heterocycles. The van der Waals surface area contributed by atoms with Crippen molar-refractivity contribution in [3.05, 3.63) is 11.1 Å². The summed E-state index contributed by atoms with van der Waals surface area (Å²) in [7, 11) is 0. The summed E-state index contributed by atoms with van der Waals surface area (Å²) in [6.07, 6.45) is 0. The van der Waals surface area contributed by atoms with Gasteiger partial charge in [0.25, 0.3) is 0 Å². The number of aromatic nitrogens is 1. The molecule has 0 radical (unpaired) electrons. The molecule has 2 amide bonds. The van der Waals surface area contributed by atoms with Crippen LogP contribution in [0.2, 0.25) is 0 Å². The molecule has 0 spiro atoms. The molecule has 1 aromatic heterocycles. The fraction of sp³-hybridized carbons (Fsp3) is 0.556. The van der Waals surface area contributed by atoms with Gasteiger partial charge in [-0.1, -0.05) is 13.8 Å². The Hall–Kier alpha value is -1.10. The fourth-order valence-corrected chi connectivity index (χ4v) is 1.78. The first kappa shape index (κ1) is 11.0. The van der Waals surface area contributed by atoms with E-state index in [1.165, 1.54) is 11.3 Å². The van der Waals surface area contributed by atoms with Gasteiger partial charge in [-0.15, -0.1) is 11.3 Å². The standard InChI is InChI=1S/C9H15N3OS/c1-4-10-8(13)12-9-11-7(5-14-9)6(2)3/h5-6H,4H2,1-3H3,(H2,10,11,12,13). The first-order valence-corrected chi connectivity index (χ1v) is 5.51. The van der Waals surface area contributed by atoms with Crippen LogP contribution >= 0.6 is 11.3 Å². The summed E-state index contributed by atoms with van der Waals surface area (Å²) in [5.74, 6) is 0.399. The van der Waals surface area contributed by atoms with Gasteiger partial charge in [0.1, 0.15) is 0 Å². The molecule has 14 heavy (non-hydrogen) atoms. The Bertz CT molecular complexity index is 309. The maximum atomic E-state index is 11.1. The van der Waals surface area contributed by atoms with E-state index in [9.17, 15) is 4.79 Å². The van der Waals surface area contributed by atoms with Crippen LogP contribution in [0, 0.1) is 0 Å². The van der Waals surface area contributed by atoms with Crippen LogP contribution in [0.5, 0.6) is 0 Å². The molecule has 0 aromatic carbocycles. The van der Waals surface area contributed by atoms with Crippen molar-refractivity contribution in [2.75, 3.05) is 11.9 Å². The zero-order valence-corrected chi connectivity index (χ0v) is 9.44. The van der Waals surface area contributed by atoms with E-state index in [2.05, 4.69) is 29.5 Å². The molecular formula is C9H15N3OS. The van der Waals surface area contributed by atoms with Crippen molar-refractivity contribution in [1.82, 2.24) is 10.3 Å². The Balaban J connectivity index is 2.55. The highest BCUT2D eigenvalue weighted by atomic mass is 32.1. The molecule has 0 atom stereocenters. The summed E-state index contributed by atoms with van der Waals surface area (Å²) >= 11 is 1.45. The van der Waals surface area contributed by atoms with Crippen LogP contribution in [-0.2, 0) is 0 Å². The summed E-state index contributed by atoms with van der Waals surface area (Å²) < 4.78 is 0. The maximum Gasteiger partial charge on any atom is 0.321 e. The zero-order valence-electron chi connectivity index (χ0n) is 8.63. The summed E-state index contributed by atoms with van der Waals surface area (Å²) in [6, 6.07) is -0.197. The van der Waals surface area contributed by atoms with Gasteiger partial charge in [0, 0.05) is 11.9 Å². The van der Waals surface area contributed by atoms with E-state index in [-0.39, 0.29) is 6.03 Å². The van der Waals surface area contributed by atoms with Gasteiger partial charge in [0.15, 0.2) is 5.13 Å². The van der Waals surface area contributed by atoms with Crippen molar-refractivity contribution >= 4 is 22.5 Å². The number of amides is 2. The monoisotopic (exact) mass is 213 g/mol. The van der Waals surface area contributed by atoms with E-state index >= 15 is 0 Å². The molecule has 0 fully saturated rings. The van der Waals surface area contributed by atoms with Crippen LogP contribution in [0.25, 0.3) is 0 Å². The van der Waals surface area contributed by atoms with E-state index < -0.39 is 0 Å². The number of hydrogen-bond acceptors (Lipinski definition) is 3. The number of carbonyl (C=O) groups is 1. The lowest BCUT2D eigenvalue weighted by Crippen LogP contribution is -2.28. The predicted octanol–water partition coefficient (Wildman–Crippen LogP) is 2.41. The Morgan fingerprint density at radius 2 is 2.36 bits per heavy atom. The third-order valence-electron chi connectivity index (χ3n) is 1.67. The second kappa shape index (κ2) is 4.95. The summed E-state index contributed by atoms with van der Waals surface area (Å²) in [5.41, 5.74) is 1.02. The van der Waals surface area contributed by atoms with Gasteiger partial charge in [-0.25, -0.2) is 9.78 Å². The fourth-order valence-electron chi connectivity index (χ4n) is 0.911. The van der Waals surface area contributed by atoms with Crippen molar-refractivity contribution in [2.45, 2.75) is 26.7 Å². The third-order valence-corrected chi connectivity index (χ3v) is 2.45. The number of nitrogens with one attached hydrogen (secondary N) is 2. The summed E-state index contributed by atoms with van der Waals surface area (Å²) in [5, 5.41) is 7.94. The smallest absolute Gasteiger partial charge is 0.321 e. The number of urea groups is 1. The summed E-state index contributed by atoms with van der Waals surface area (Å²) in [6.45, 7) is 6.64. The first-order chi connectivity index (χ1) is 6.63. The van der Waals surface area contributed by atoms with Crippen molar-refractivity contribution in [3.8, 4) is 0 Å². The Morgan fingerprint density at radius 1 is 1.64 bits per heavy atom. The van der Waals surface area contributed by atoms with Crippen LogP contribution in [0.3, 0.4) is 0 Å². The van der Waals surface area contributed by atoms with E-state index in [0.29, 0.717) is 17.6 Å². The van der Waals surface area contributed by atoms with Gasteiger partial charge in [-0.3, -0.25) is 5.32 Å². The van der Waals surface area contributed by atoms with Crippen molar-refractivity contribution in [3.63, 3.8) is 0 Å². The van der Waals surface area contributed by atoms with Crippen LogP contribution < -0.4 is 10.6 Å². The molecule has 4 nitrogen and oxygen atoms in total. The average Bonchev–Trinajstić information content (AvgIpc) is 2.53. The van der Waals surface area contributed by atoms with Crippen LogP contribution in [-0.4, -0.2) is 17.6 Å². The topological polar surface area (TPSA) is 54.0 Å². The van der Waals surface area contributed by atoms with Crippen molar-refractivity contribution in [1.29, 1.82) is 0 Å².